The molecular formula is C16H21N3O4. The Kier molecular flexibility index (Phi) is 5.56. The van der Waals surface area contributed by atoms with Crippen LogP contribution < -0.4 is 15.8 Å². The van der Waals surface area contributed by atoms with Gasteiger partial charge in [0.1, 0.15) is 5.75 Å². The highest BCUT2D eigenvalue weighted by Crippen LogP contribution is 2.21. The van der Waals surface area contributed by atoms with Gasteiger partial charge in [0.05, 0.1) is 19.6 Å². The van der Waals surface area contributed by atoms with Gasteiger partial charge in [-0.1, -0.05) is 12.1 Å². The summed E-state index contributed by atoms with van der Waals surface area (Å²) >= 11 is 0. The molecule has 3 N–H and O–H groups in total. The van der Waals surface area contributed by atoms with Crippen LogP contribution >= 0.6 is 0 Å². The third-order valence-electron chi connectivity index (χ3n) is 3.82. The number of rotatable bonds is 6. The molecular weight excluding hydrogens is 298 g/mol. The molecule has 0 spiro atoms. The molecule has 1 atom stereocenters. The van der Waals surface area contributed by atoms with Gasteiger partial charge >= 0.3 is 0 Å². The fourth-order valence-corrected chi connectivity index (χ4v) is 2.59. The standard InChI is InChI=1S/C16H21N3O4/c1-23-13-4-2-3-11(7-13)9-19-10-12(5-6-15(19)21)16(22)18-8-14(17)20/h2-4,7,12H,5-6,8-10H2,1H3,(H2,17,20)(H,18,22)/t12-/m1/s1. The minimum atomic E-state index is -0.585. The molecule has 1 aromatic carbocycles. The van der Waals surface area contributed by atoms with E-state index in [4.69, 9.17) is 10.5 Å². The smallest absolute Gasteiger partial charge is 0.236 e. The maximum Gasteiger partial charge on any atom is 0.236 e. The molecule has 1 aromatic rings. The first-order valence-electron chi connectivity index (χ1n) is 7.46. The Morgan fingerprint density at radius 2 is 2.22 bits per heavy atom. The molecule has 0 aromatic heterocycles. The van der Waals surface area contributed by atoms with Crippen LogP contribution in [0.25, 0.3) is 0 Å². The van der Waals surface area contributed by atoms with Gasteiger partial charge < -0.3 is 20.7 Å². The van der Waals surface area contributed by atoms with Crippen LogP contribution in [0.3, 0.4) is 0 Å². The van der Waals surface area contributed by atoms with Gasteiger partial charge in [-0.3, -0.25) is 14.4 Å². The Morgan fingerprint density at radius 1 is 1.43 bits per heavy atom. The van der Waals surface area contributed by atoms with Gasteiger partial charge in [0.15, 0.2) is 0 Å². The van der Waals surface area contributed by atoms with Crippen LogP contribution in [0.5, 0.6) is 5.75 Å². The highest BCUT2D eigenvalue weighted by Gasteiger charge is 2.30. The number of nitrogens with two attached hydrogens (primary N) is 1. The third kappa shape index (κ3) is 4.70. The Balaban J connectivity index is 1.98. The average Bonchev–Trinajstić information content (AvgIpc) is 2.54. The van der Waals surface area contributed by atoms with Crippen molar-refractivity contribution in [1.29, 1.82) is 0 Å². The summed E-state index contributed by atoms with van der Waals surface area (Å²) in [5.74, 6) is -0.405. The molecule has 1 saturated heterocycles. The third-order valence-corrected chi connectivity index (χ3v) is 3.82. The summed E-state index contributed by atoms with van der Waals surface area (Å²) < 4.78 is 5.17. The minimum Gasteiger partial charge on any atom is -0.497 e. The zero-order chi connectivity index (χ0) is 16.8. The van der Waals surface area contributed by atoms with Crippen molar-refractivity contribution in [2.45, 2.75) is 19.4 Å². The number of primary amides is 1. The summed E-state index contributed by atoms with van der Waals surface area (Å²) in [5.41, 5.74) is 5.96. The van der Waals surface area contributed by atoms with Crippen molar-refractivity contribution < 1.29 is 19.1 Å². The number of hydrogen-bond donors (Lipinski definition) is 2. The van der Waals surface area contributed by atoms with Gasteiger partial charge in [-0.05, 0) is 24.1 Å². The summed E-state index contributed by atoms with van der Waals surface area (Å²) in [5, 5.41) is 2.50. The lowest BCUT2D eigenvalue weighted by Crippen LogP contribution is -2.46. The van der Waals surface area contributed by atoms with E-state index in [0.29, 0.717) is 25.9 Å². The van der Waals surface area contributed by atoms with Crippen LogP contribution in [0.2, 0.25) is 0 Å². The molecule has 7 nitrogen and oxygen atoms in total. The summed E-state index contributed by atoms with van der Waals surface area (Å²) in [6.07, 6.45) is 0.802. The number of piperidine rings is 1. The molecule has 0 aliphatic carbocycles. The molecule has 1 aliphatic rings. The van der Waals surface area contributed by atoms with Crippen LogP contribution in [0.4, 0.5) is 0 Å². The molecule has 23 heavy (non-hydrogen) atoms. The van der Waals surface area contributed by atoms with Gasteiger partial charge in [-0.2, -0.15) is 0 Å². The van der Waals surface area contributed by atoms with Crippen molar-refractivity contribution >= 4 is 17.7 Å². The summed E-state index contributed by atoms with van der Waals surface area (Å²) in [6.45, 7) is 0.579. The molecule has 0 saturated carbocycles. The van der Waals surface area contributed by atoms with Crippen LogP contribution in [-0.2, 0) is 20.9 Å². The van der Waals surface area contributed by atoms with E-state index in [1.54, 1.807) is 12.0 Å². The van der Waals surface area contributed by atoms with Gasteiger partial charge in [0.25, 0.3) is 0 Å². The number of methoxy groups -OCH3 is 1. The number of benzene rings is 1. The normalized spacial score (nSPS) is 17.7. The highest BCUT2D eigenvalue weighted by molar-refractivity contribution is 5.87. The quantitative estimate of drug-likeness (QED) is 0.772. The van der Waals surface area contributed by atoms with Crippen molar-refractivity contribution in [3.05, 3.63) is 29.8 Å². The largest absolute Gasteiger partial charge is 0.497 e. The number of nitrogens with zero attached hydrogens (tertiary/aromatic N) is 1. The van der Waals surface area contributed by atoms with E-state index in [2.05, 4.69) is 5.32 Å². The van der Waals surface area contributed by atoms with Crippen molar-refractivity contribution in [3.63, 3.8) is 0 Å². The van der Waals surface area contributed by atoms with E-state index in [9.17, 15) is 14.4 Å². The number of hydrogen-bond acceptors (Lipinski definition) is 4. The Labute approximate surface area is 134 Å². The fourth-order valence-electron chi connectivity index (χ4n) is 2.59. The Morgan fingerprint density at radius 3 is 2.91 bits per heavy atom. The second-order valence-electron chi connectivity index (χ2n) is 5.55. The fraction of sp³-hybridized carbons (Fsp3) is 0.438. The lowest BCUT2D eigenvalue weighted by atomic mass is 9.96. The lowest BCUT2D eigenvalue weighted by molar-refractivity contribution is -0.139. The minimum absolute atomic E-state index is 0.0202. The predicted molar refractivity (Wildman–Crippen MR) is 83.3 cm³/mol. The van der Waals surface area contributed by atoms with E-state index in [1.165, 1.54) is 0 Å². The summed E-state index contributed by atoms with van der Waals surface area (Å²) in [4.78, 5) is 36.5. The van der Waals surface area contributed by atoms with Crippen LogP contribution in [-0.4, -0.2) is 42.8 Å². The monoisotopic (exact) mass is 319 g/mol. The lowest BCUT2D eigenvalue weighted by Gasteiger charge is -2.32. The molecule has 3 amide bonds. The molecule has 1 heterocycles. The first kappa shape index (κ1) is 16.8. The van der Waals surface area contributed by atoms with Gasteiger partial charge in [0, 0.05) is 19.5 Å². The molecule has 1 aliphatic heterocycles. The zero-order valence-electron chi connectivity index (χ0n) is 13.1. The van der Waals surface area contributed by atoms with Gasteiger partial charge in [-0.15, -0.1) is 0 Å². The maximum atomic E-state index is 12.1. The van der Waals surface area contributed by atoms with E-state index in [0.717, 1.165) is 11.3 Å². The zero-order valence-corrected chi connectivity index (χ0v) is 13.1. The molecule has 0 unspecified atom stereocenters. The number of ether oxygens (including phenoxy) is 1. The van der Waals surface area contributed by atoms with Crippen LogP contribution in [0, 0.1) is 5.92 Å². The Hall–Kier alpha value is -2.57. The summed E-state index contributed by atoms with van der Waals surface area (Å²) in [6, 6.07) is 7.47. The second-order valence-corrected chi connectivity index (χ2v) is 5.55. The number of carbonyl (C=O) groups is 3. The van der Waals surface area contributed by atoms with Crippen molar-refractivity contribution in [2.75, 3.05) is 20.2 Å². The van der Waals surface area contributed by atoms with E-state index in [-0.39, 0.29) is 24.3 Å². The topological polar surface area (TPSA) is 102 Å². The SMILES string of the molecule is COc1cccc(CN2C[C@H](C(=O)NCC(N)=O)CCC2=O)c1. The molecule has 2 rings (SSSR count). The van der Waals surface area contributed by atoms with Crippen LogP contribution in [0.15, 0.2) is 24.3 Å². The summed E-state index contributed by atoms with van der Waals surface area (Å²) in [7, 11) is 1.59. The Bertz CT molecular complexity index is 603. The molecule has 0 radical (unpaired) electrons. The molecule has 1 fully saturated rings. The molecule has 124 valence electrons. The molecule has 0 bridgehead atoms. The molecule has 7 heteroatoms. The average molecular weight is 319 g/mol. The van der Waals surface area contributed by atoms with Gasteiger partial charge in [-0.25, -0.2) is 0 Å². The first-order chi connectivity index (χ1) is 11.0. The highest BCUT2D eigenvalue weighted by atomic mass is 16.5. The van der Waals surface area contributed by atoms with Gasteiger partial charge in [0.2, 0.25) is 17.7 Å². The number of carbonyl (C=O) groups excluding carboxylic acids is 3. The van der Waals surface area contributed by atoms with Crippen LogP contribution in [0.1, 0.15) is 18.4 Å². The van der Waals surface area contributed by atoms with E-state index < -0.39 is 5.91 Å². The second kappa shape index (κ2) is 7.62. The number of nitrogens with one attached hydrogen (secondary N) is 1. The van der Waals surface area contributed by atoms with Crippen molar-refractivity contribution in [3.8, 4) is 5.75 Å². The van der Waals surface area contributed by atoms with E-state index >= 15 is 0 Å². The first-order valence-corrected chi connectivity index (χ1v) is 7.46. The van der Waals surface area contributed by atoms with E-state index in [1.807, 2.05) is 24.3 Å². The van der Waals surface area contributed by atoms with Crippen molar-refractivity contribution in [2.24, 2.45) is 11.7 Å². The number of amides is 3. The number of likely N-dealkylation sites (tertiary alicyclic amines) is 1. The maximum absolute atomic E-state index is 12.1. The van der Waals surface area contributed by atoms with Crippen molar-refractivity contribution in [1.82, 2.24) is 10.2 Å². The predicted octanol–water partition coefficient (Wildman–Crippen LogP) is 0.0353.